The molecule has 4 heterocycles. The highest BCUT2D eigenvalue weighted by molar-refractivity contribution is 7.21. The number of nitrogens with one attached hydrogen (secondary N) is 1. The molecule has 8 nitrogen and oxygen atoms in total. The van der Waals surface area contributed by atoms with E-state index in [-0.39, 0.29) is 5.91 Å². The van der Waals surface area contributed by atoms with Crippen LogP contribution >= 0.6 is 11.3 Å². The van der Waals surface area contributed by atoms with Crippen LogP contribution < -0.4 is 11.1 Å². The molecule has 3 N–H and O–H groups in total. The third kappa shape index (κ3) is 3.38. The van der Waals surface area contributed by atoms with Gasteiger partial charge in [-0.3, -0.25) is 14.6 Å². The minimum atomic E-state index is -0.511. The number of nitrogens with zero attached hydrogens (tertiary/aromatic N) is 4. The molecule has 0 bridgehead atoms. The third-order valence-corrected chi connectivity index (χ3v) is 6.39. The lowest BCUT2D eigenvalue weighted by Crippen LogP contribution is -2.38. The van der Waals surface area contributed by atoms with Crippen LogP contribution in [0.3, 0.4) is 0 Å². The molecule has 3 aromatic rings. The molecule has 1 aliphatic heterocycles. The summed E-state index contributed by atoms with van der Waals surface area (Å²) < 4.78 is 1.63. The minimum Gasteiger partial charge on any atom is -0.365 e. The number of hydrogen-bond donors (Lipinski definition) is 2. The first kappa shape index (κ1) is 18.6. The Bertz CT molecular complexity index is 1060. The Morgan fingerprint density at radius 2 is 2.21 bits per heavy atom. The first-order chi connectivity index (χ1) is 13.4. The number of carbonyl (C=O) groups excluding carboxylic acids is 2. The van der Waals surface area contributed by atoms with Crippen molar-refractivity contribution in [2.75, 3.05) is 20.1 Å². The molecule has 0 aromatic carbocycles. The number of amides is 2. The molecule has 1 saturated heterocycles. The van der Waals surface area contributed by atoms with E-state index in [9.17, 15) is 9.59 Å². The number of likely N-dealkylation sites (tertiary alicyclic amines) is 1. The summed E-state index contributed by atoms with van der Waals surface area (Å²) in [6.45, 7) is 3.60. The van der Waals surface area contributed by atoms with Crippen molar-refractivity contribution in [2.24, 2.45) is 5.73 Å². The van der Waals surface area contributed by atoms with Crippen molar-refractivity contribution >= 4 is 28.0 Å². The van der Waals surface area contributed by atoms with Gasteiger partial charge in [0.05, 0.1) is 22.2 Å². The number of thiazole rings is 1. The minimum absolute atomic E-state index is 0.131. The second kappa shape index (κ2) is 7.33. The van der Waals surface area contributed by atoms with Gasteiger partial charge in [-0.05, 0) is 39.4 Å². The van der Waals surface area contributed by atoms with Crippen LogP contribution in [0.2, 0.25) is 0 Å². The molecule has 1 aliphatic rings. The van der Waals surface area contributed by atoms with Gasteiger partial charge in [-0.1, -0.05) is 0 Å². The highest BCUT2D eigenvalue weighted by atomic mass is 32.1. The molecule has 1 unspecified atom stereocenters. The summed E-state index contributed by atoms with van der Waals surface area (Å²) >= 11 is 1.40. The highest BCUT2D eigenvalue weighted by Gasteiger charge is 2.22. The van der Waals surface area contributed by atoms with Crippen LogP contribution in [-0.4, -0.2) is 57.5 Å². The third-order valence-electron chi connectivity index (χ3n) is 5.25. The van der Waals surface area contributed by atoms with Gasteiger partial charge in [0.1, 0.15) is 4.83 Å². The van der Waals surface area contributed by atoms with Crippen molar-refractivity contribution < 1.29 is 9.59 Å². The van der Waals surface area contributed by atoms with Crippen LogP contribution in [-0.2, 0) is 0 Å². The van der Waals surface area contributed by atoms with Crippen molar-refractivity contribution in [1.29, 1.82) is 0 Å². The maximum absolute atomic E-state index is 12.6. The Kier molecular flexibility index (Phi) is 4.86. The predicted molar refractivity (Wildman–Crippen MR) is 108 cm³/mol. The van der Waals surface area contributed by atoms with Crippen LogP contribution in [0.4, 0.5) is 0 Å². The van der Waals surface area contributed by atoms with Crippen molar-refractivity contribution in [3.8, 4) is 10.4 Å². The number of rotatable bonds is 5. The summed E-state index contributed by atoms with van der Waals surface area (Å²) in [4.78, 5) is 32.4. The molecule has 0 saturated carbocycles. The maximum atomic E-state index is 12.6. The molecule has 1 atom stereocenters. The lowest BCUT2D eigenvalue weighted by Gasteiger charge is -2.19. The molecule has 9 heteroatoms. The van der Waals surface area contributed by atoms with Crippen molar-refractivity contribution in [3.63, 3.8) is 0 Å². The smallest absolute Gasteiger partial charge is 0.253 e. The largest absolute Gasteiger partial charge is 0.365 e. The number of nitrogens with two attached hydrogens (primary N) is 1. The van der Waals surface area contributed by atoms with Crippen LogP contribution in [0.15, 0.2) is 24.7 Å². The number of hydrogen-bond acceptors (Lipinski definition) is 6. The normalized spacial score (nSPS) is 17.3. The summed E-state index contributed by atoms with van der Waals surface area (Å²) in [7, 11) is 2.09. The van der Waals surface area contributed by atoms with Crippen LogP contribution in [0.5, 0.6) is 0 Å². The molecule has 2 amide bonds. The molecule has 3 aromatic heterocycles. The molecule has 0 spiro atoms. The average Bonchev–Trinajstić information content (AvgIpc) is 3.35. The Labute approximate surface area is 166 Å². The van der Waals surface area contributed by atoms with Crippen LogP contribution in [0.25, 0.3) is 15.3 Å². The Balaban J connectivity index is 1.58. The van der Waals surface area contributed by atoms with E-state index >= 15 is 0 Å². The molecule has 0 aliphatic carbocycles. The summed E-state index contributed by atoms with van der Waals surface area (Å²) in [5, 5.41) is 7.19. The highest BCUT2D eigenvalue weighted by Crippen LogP contribution is 2.32. The standard InChI is InChI=1S/C19H22N6O2S/c1-11-14(16-10-25-19(28-16)15(9-23-25)17(20)26)6-12(7-21-11)18(27)22-8-13-4-3-5-24(13)2/h6-7,9-10,13H,3-5,8H2,1-2H3,(H2,20,26)(H,22,27). The quantitative estimate of drug-likeness (QED) is 0.680. The van der Waals surface area contributed by atoms with E-state index in [4.69, 9.17) is 5.73 Å². The summed E-state index contributed by atoms with van der Waals surface area (Å²) in [6, 6.07) is 2.23. The van der Waals surface area contributed by atoms with Gasteiger partial charge in [0.25, 0.3) is 11.8 Å². The van der Waals surface area contributed by atoms with E-state index in [0.29, 0.717) is 28.5 Å². The Morgan fingerprint density at radius 1 is 1.39 bits per heavy atom. The molecular weight excluding hydrogens is 376 g/mol. The number of pyridine rings is 1. The van der Waals surface area contributed by atoms with E-state index in [1.54, 1.807) is 10.7 Å². The van der Waals surface area contributed by atoms with Crippen molar-refractivity contribution in [3.05, 3.63) is 41.5 Å². The molecule has 1 fully saturated rings. The molecular formula is C19H22N6O2S. The number of aromatic nitrogens is 3. The monoisotopic (exact) mass is 398 g/mol. The van der Waals surface area contributed by atoms with E-state index < -0.39 is 5.91 Å². The predicted octanol–water partition coefficient (Wildman–Crippen LogP) is 1.69. The van der Waals surface area contributed by atoms with Crippen molar-refractivity contribution in [1.82, 2.24) is 24.8 Å². The van der Waals surface area contributed by atoms with Gasteiger partial charge in [0.15, 0.2) is 0 Å². The van der Waals surface area contributed by atoms with E-state index in [1.165, 1.54) is 24.0 Å². The van der Waals surface area contributed by atoms with Gasteiger partial charge in [0, 0.05) is 36.2 Å². The topological polar surface area (TPSA) is 106 Å². The SMILES string of the molecule is Cc1ncc(C(=O)NCC2CCCN2C)cc1-c1cn2ncc(C(N)=O)c2s1. The number of carbonyl (C=O) groups is 2. The summed E-state index contributed by atoms with van der Waals surface area (Å²) in [5.74, 6) is -0.642. The fourth-order valence-corrected chi connectivity index (χ4v) is 4.67. The molecule has 0 radical (unpaired) electrons. The molecule has 28 heavy (non-hydrogen) atoms. The zero-order valence-corrected chi connectivity index (χ0v) is 16.6. The van der Waals surface area contributed by atoms with Gasteiger partial charge >= 0.3 is 0 Å². The second-order valence-corrected chi connectivity index (χ2v) is 8.14. The van der Waals surface area contributed by atoms with E-state index in [2.05, 4.69) is 27.3 Å². The van der Waals surface area contributed by atoms with E-state index in [1.807, 2.05) is 19.2 Å². The fraction of sp³-hybridized carbons (Fsp3) is 0.368. The maximum Gasteiger partial charge on any atom is 0.253 e. The lowest BCUT2D eigenvalue weighted by atomic mass is 10.1. The second-order valence-electron chi connectivity index (χ2n) is 7.11. The van der Waals surface area contributed by atoms with Gasteiger partial charge in [0.2, 0.25) is 0 Å². The van der Waals surface area contributed by atoms with Crippen molar-refractivity contribution in [2.45, 2.75) is 25.8 Å². The number of primary amides is 1. The zero-order chi connectivity index (χ0) is 19.8. The van der Waals surface area contributed by atoms with Gasteiger partial charge in [-0.15, -0.1) is 11.3 Å². The average molecular weight is 398 g/mol. The Hall–Kier alpha value is -2.78. The fourth-order valence-electron chi connectivity index (χ4n) is 3.54. The summed E-state index contributed by atoms with van der Waals surface area (Å²) in [5.41, 5.74) is 7.96. The molecule has 146 valence electrons. The van der Waals surface area contributed by atoms with Gasteiger partial charge in [-0.2, -0.15) is 5.10 Å². The summed E-state index contributed by atoms with van der Waals surface area (Å²) in [6.07, 6.45) is 7.16. The zero-order valence-electron chi connectivity index (χ0n) is 15.8. The number of likely N-dealkylation sites (N-methyl/N-ethyl adjacent to an activating group) is 1. The number of fused-ring (bicyclic) bond motifs is 1. The van der Waals surface area contributed by atoms with Gasteiger partial charge < -0.3 is 16.0 Å². The number of aryl methyl sites for hydroxylation is 1. The first-order valence-electron chi connectivity index (χ1n) is 9.16. The molecule has 4 rings (SSSR count). The Morgan fingerprint density at radius 3 is 2.93 bits per heavy atom. The lowest BCUT2D eigenvalue weighted by molar-refractivity contribution is 0.0942. The first-order valence-corrected chi connectivity index (χ1v) is 9.98. The van der Waals surface area contributed by atoms with Crippen LogP contribution in [0.1, 0.15) is 39.3 Å². The van der Waals surface area contributed by atoms with Gasteiger partial charge in [-0.25, -0.2) is 4.52 Å². The van der Waals surface area contributed by atoms with E-state index in [0.717, 1.165) is 29.1 Å². The van der Waals surface area contributed by atoms with Crippen LogP contribution in [0, 0.1) is 6.92 Å².